The van der Waals surface area contributed by atoms with Gasteiger partial charge in [0.25, 0.3) is 0 Å². The highest BCUT2D eigenvalue weighted by atomic mass is 16.2. The van der Waals surface area contributed by atoms with E-state index in [0.29, 0.717) is 32.0 Å². The smallest absolute Gasteiger partial charge is 0.228 e. The van der Waals surface area contributed by atoms with E-state index in [1.54, 1.807) is 6.20 Å². The molecule has 2 heterocycles. The van der Waals surface area contributed by atoms with Crippen molar-refractivity contribution < 1.29 is 9.59 Å². The molecule has 28 heavy (non-hydrogen) atoms. The van der Waals surface area contributed by atoms with Crippen molar-refractivity contribution in [1.82, 2.24) is 14.8 Å². The Morgan fingerprint density at radius 2 is 1.93 bits per heavy atom. The minimum atomic E-state index is -0.197. The molecule has 1 saturated carbocycles. The van der Waals surface area contributed by atoms with Crippen molar-refractivity contribution in [2.45, 2.75) is 51.2 Å². The fourth-order valence-corrected chi connectivity index (χ4v) is 4.32. The van der Waals surface area contributed by atoms with Crippen LogP contribution in [0.1, 0.15) is 49.8 Å². The molecular weight excluding hydrogens is 350 g/mol. The molecule has 0 bridgehead atoms. The molecule has 5 nitrogen and oxygen atoms in total. The molecule has 2 fully saturated rings. The predicted molar refractivity (Wildman–Crippen MR) is 107 cm³/mol. The van der Waals surface area contributed by atoms with Gasteiger partial charge in [0.2, 0.25) is 11.8 Å². The second-order valence-electron chi connectivity index (χ2n) is 7.74. The van der Waals surface area contributed by atoms with Crippen LogP contribution in [0.2, 0.25) is 0 Å². The van der Waals surface area contributed by atoms with Crippen LogP contribution in [0.5, 0.6) is 0 Å². The zero-order valence-electron chi connectivity index (χ0n) is 16.3. The van der Waals surface area contributed by atoms with Crippen LogP contribution >= 0.6 is 0 Å². The van der Waals surface area contributed by atoms with E-state index < -0.39 is 0 Å². The Morgan fingerprint density at radius 3 is 2.57 bits per heavy atom. The van der Waals surface area contributed by atoms with Crippen LogP contribution in [0.4, 0.5) is 0 Å². The fourth-order valence-electron chi connectivity index (χ4n) is 4.32. The molecule has 0 spiro atoms. The first kappa shape index (κ1) is 18.7. The lowest BCUT2D eigenvalue weighted by atomic mass is 9.83. The molecule has 5 heteroatoms. The first-order valence-electron chi connectivity index (χ1n) is 10.2. The van der Waals surface area contributed by atoms with Crippen LogP contribution in [0.15, 0.2) is 54.9 Å². The van der Waals surface area contributed by atoms with Crippen molar-refractivity contribution in [3.8, 4) is 0 Å². The van der Waals surface area contributed by atoms with E-state index in [-0.39, 0.29) is 23.8 Å². The minimum Gasteiger partial charge on any atom is -0.335 e. The Labute approximate surface area is 166 Å². The quantitative estimate of drug-likeness (QED) is 0.773. The van der Waals surface area contributed by atoms with Gasteiger partial charge in [0.15, 0.2) is 0 Å². The maximum Gasteiger partial charge on any atom is 0.228 e. The van der Waals surface area contributed by atoms with Gasteiger partial charge >= 0.3 is 0 Å². The zero-order chi connectivity index (χ0) is 19.5. The monoisotopic (exact) mass is 377 g/mol. The van der Waals surface area contributed by atoms with Gasteiger partial charge in [-0.25, -0.2) is 0 Å². The number of rotatable bonds is 6. The summed E-state index contributed by atoms with van der Waals surface area (Å²) in [6.07, 6.45) is 6.77. The Kier molecular flexibility index (Phi) is 5.42. The SMILES string of the molecule is CCN1C(=O)CC[C@@H](C(=O)N(Cc2cccnc2)C2CC2)[C@@H]1c1ccccc1. The molecular formula is C23H27N3O2. The number of aromatic nitrogens is 1. The molecule has 1 aromatic heterocycles. The van der Waals surface area contributed by atoms with Gasteiger partial charge in [-0.2, -0.15) is 0 Å². The van der Waals surface area contributed by atoms with Gasteiger partial charge in [0, 0.05) is 37.9 Å². The van der Waals surface area contributed by atoms with Crippen molar-refractivity contribution in [3.63, 3.8) is 0 Å². The molecule has 0 radical (unpaired) electrons. The lowest BCUT2D eigenvalue weighted by Gasteiger charge is -2.42. The van der Waals surface area contributed by atoms with E-state index in [9.17, 15) is 9.59 Å². The van der Waals surface area contributed by atoms with Crippen LogP contribution < -0.4 is 0 Å². The molecule has 2 aliphatic rings. The molecule has 0 N–H and O–H groups in total. The number of likely N-dealkylation sites (tertiary alicyclic amines) is 1. The molecule has 4 rings (SSSR count). The minimum absolute atomic E-state index is 0.144. The zero-order valence-corrected chi connectivity index (χ0v) is 16.3. The van der Waals surface area contributed by atoms with Gasteiger partial charge in [-0.05, 0) is 43.4 Å². The third kappa shape index (κ3) is 3.79. The number of piperidine rings is 1. The Bertz CT molecular complexity index is 820. The van der Waals surface area contributed by atoms with E-state index in [0.717, 1.165) is 24.0 Å². The van der Waals surface area contributed by atoms with Crippen LogP contribution in [0.25, 0.3) is 0 Å². The van der Waals surface area contributed by atoms with Gasteiger partial charge in [-0.3, -0.25) is 14.6 Å². The maximum absolute atomic E-state index is 13.7. The second-order valence-corrected chi connectivity index (χ2v) is 7.74. The number of pyridine rings is 1. The van der Waals surface area contributed by atoms with E-state index >= 15 is 0 Å². The molecule has 0 unspecified atom stereocenters. The molecule has 1 aromatic carbocycles. The molecule has 146 valence electrons. The average Bonchev–Trinajstić information content (AvgIpc) is 3.58. The number of hydrogen-bond donors (Lipinski definition) is 0. The highest BCUT2D eigenvalue weighted by molar-refractivity contribution is 5.85. The summed E-state index contributed by atoms with van der Waals surface area (Å²) in [6.45, 7) is 3.21. The lowest BCUT2D eigenvalue weighted by Crippen LogP contribution is -2.49. The highest BCUT2D eigenvalue weighted by Gasteiger charge is 2.44. The van der Waals surface area contributed by atoms with Crippen LogP contribution in [0.3, 0.4) is 0 Å². The van der Waals surface area contributed by atoms with Crippen LogP contribution in [0, 0.1) is 5.92 Å². The number of carbonyl (C=O) groups excluding carboxylic acids is 2. The van der Waals surface area contributed by atoms with Crippen molar-refractivity contribution in [2.75, 3.05) is 6.54 Å². The van der Waals surface area contributed by atoms with Crippen LogP contribution in [-0.4, -0.2) is 39.2 Å². The third-order valence-electron chi connectivity index (χ3n) is 5.85. The van der Waals surface area contributed by atoms with E-state index in [4.69, 9.17) is 0 Å². The predicted octanol–water partition coefficient (Wildman–Crippen LogP) is 3.57. The summed E-state index contributed by atoms with van der Waals surface area (Å²) in [7, 11) is 0. The van der Waals surface area contributed by atoms with Gasteiger partial charge in [-0.1, -0.05) is 36.4 Å². The summed E-state index contributed by atoms with van der Waals surface area (Å²) in [5, 5.41) is 0. The summed E-state index contributed by atoms with van der Waals surface area (Å²) >= 11 is 0. The average molecular weight is 377 g/mol. The number of benzene rings is 1. The Morgan fingerprint density at radius 1 is 1.14 bits per heavy atom. The van der Waals surface area contributed by atoms with Crippen molar-refractivity contribution >= 4 is 11.8 Å². The lowest BCUT2D eigenvalue weighted by molar-refractivity contribution is -0.148. The fraction of sp³-hybridized carbons (Fsp3) is 0.435. The highest BCUT2D eigenvalue weighted by Crippen LogP contribution is 2.40. The Balaban J connectivity index is 1.63. The first-order chi connectivity index (χ1) is 13.7. The first-order valence-corrected chi connectivity index (χ1v) is 10.2. The summed E-state index contributed by atoms with van der Waals surface area (Å²) in [5.41, 5.74) is 2.10. The third-order valence-corrected chi connectivity index (χ3v) is 5.85. The summed E-state index contributed by atoms with van der Waals surface area (Å²) in [4.78, 5) is 34.4. The standard InChI is InChI=1S/C23H27N3O2/c1-2-25-21(27)13-12-20(22(25)18-8-4-3-5-9-18)23(28)26(19-10-11-19)16-17-7-6-14-24-15-17/h3-9,14-15,19-20,22H,2,10-13,16H2,1H3/t20-,22+/m1/s1. The molecule has 2 atom stereocenters. The largest absolute Gasteiger partial charge is 0.335 e. The van der Waals surface area contributed by atoms with Gasteiger partial charge in [0.05, 0.1) is 12.0 Å². The van der Waals surface area contributed by atoms with E-state index in [1.807, 2.05) is 65.4 Å². The Hall–Kier alpha value is -2.69. The van der Waals surface area contributed by atoms with Crippen LogP contribution in [-0.2, 0) is 16.1 Å². The van der Waals surface area contributed by atoms with Crippen molar-refractivity contribution in [3.05, 3.63) is 66.0 Å². The summed E-state index contributed by atoms with van der Waals surface area (Å²) in [5.74, 6) is 0.120. The summed E-state index contributed by atoms with van der Waals surface area (Å²) < 4.78 is 0. The molecule has 1 saturated heterocycles. The number of nitrogens with zero attached hydrogens (tertiary/aromatic N) is 3. The molecule has 1 aliphatic heterocycles. The van der Waals surface area contributed by atoms with Gasteiger partial charge < -0.3 is 9.80 Å². The van der Waals surface area contributed by atoms with E-state index in [2.05, 4.69) is 4.98 Å². The molecule has 2 aromatic rings. The van der Waals surface area contributed by atoms with Gasteiger partial charge in [-0.15, -0.1) is 0 Å². The number of hydrogen-bond acceptors (Lipinski definition) is 3. The second kappa shape index (κ2) is 8.13. The molecule has 2 amide bonds. The summed E-state index contributed by atoms with van der Waals surface area (Å²) in [6, 6.07) is 14.1. The van der Waals surface area contributed by atoms with Crippen molar-refractivity contribution in [2.24, 2.45) is 5.92 Å². The van der Waals surface area contributed by atoms with Crippen molar-refractivity contribution in [1.29, 1.82) is 0 Å². The van der Waals surface area contributed by atoms with Gasteiger partial charge in [0.1, 0.15) is 0 Å². The number of carbonyl (C=O) groups is 2. The maximum atomic E-state index is 13.7. The molecule has 1 aliphatic carbocycles. The normalized spacial score (nSPS) is 22.2. The number of amides is 2. The van der Waals surface area contributed by atoms with E-state index in [1.165, 1.54) is 0 Å². The topological polar surface area (TPSA) is 53.5 Å².